The van der Waals surface area contributed by atoms with Gasteiger partial charge in [0.05, 0.1) is 50.8 Å². The molecular formula is C35H46N10O5S. The highest BCUT2D eigenvalue weighted by atomic mass is 32.2. The molecule has 16 heteroatoms. The number of carbonyl (C=O) groups is 2. The van der Waals surface area contributed by atoms with Crippen molar-refractivity contribution in [3.8, 4) is 34.2 Å². The van der Waals surface area contributed by atoms with Crippen LogP contribution >= 0.6 is 11.8 Å². The number of carbonyl (C=O) groups excluding carboxylic acids is 2. The number of methoxy groups -OCH3 is 3. The molecule has 0 unspecified atom stereocenters. The van der Waals surface area contributed by atoms with Gasteiger partial charge in [-0.1, -0.05) is 30.5 Å². The number of ether oxygens (including phenoxy) is 3. The molecule has 0 aliphatic carbocycles. The molecule has 2 aliphatic rings. The summed E-state index contributed by atoms with van der Waals surface area (Å²) >= 11 is 1.91. The summed E-state index contributed by atoms with van der Waals surface area (Å²) in [7, 11) is 4.70. The summed E-state index contributed by atoms with van der Waals surface area (Å²) in [6.45, 7) is 1.41. The smallest absolute Gasteiger partial charge is 0.315 e. The number of thioether (sulfide) groups is 1. The Morgan fingerprint density at radius 1 is 0.980 bits per heavy atom. The van der Waals surface area contributed by atoms with Crippen molar-refractivity contribution in [2.75, 3.05) is 51.2 Å². The molecule has 2 saturated heterocycles. The van der Waals surface area contributed by atoms with E-state index >= 15 is 0 Å². The fourth-order valence-electron chi connectivity index (χ4n) is 6.56. The minimum absolute atomic E-state index is 0.0555. The summed E-state index contributed by atoms with van der Waals surface area (Å²) in [6.07, 6.45) is 9.17. The van der Waals surface area contributed by atoms with Crippen molar-refractivity contribution in [2.24, 2.45) is 0 Å². The highest BCUT2D eigenvalue weighted by Gasteiger charge is 2.42. The number of fused-ring (bicyclic) bond motifs is 2. The molecule has 3 atom stereocenters. The van der Waals surface area contributed by atoms with Crippen LogP contribution in [0.2, 0.25) is 0 Å². The number of nitrogens with two attached hydrogens (primary N) is 1. The number of benzene rings is 2. The largest absolute Gasteiger partial charge is 0.493 e. The molecule has 6 rings (SSSR count). The van der Waals surface area contributed by atoms with Gasteiger partial charge in [0.25, 0.3) is 0 Å². The molecule has 2 aromatic carbocycles. The van der Waals surface area contributed by atoms with Gasteiger partial charge in [-0.25, -0.2) is 14.5 Å². The average Bonchev–Trinajstić information content (AvgIpc) is 3.87. The normalized spacial score (nSPS) is 17.9. The number of nitrogens with one attached hydrogen (secondary N) is 4. The number of rotatable bonds is 18. The summed E-state index contributed by atoms with van der Waals surface area (Å²) in [5.74, 6) is 3.47. The third-order valence-corrected chi connectivity index (χ3v) is 10.7. The molecule has 2 aromatic heterocycles. The molecule has 4 aromatic rings. The molecular weight excluding hydrogens is 673 g/mol. The van der Waals surface area contributed by atoms with Crippen LogP contribution in [-0.4, -0.2) is 94.4 Å². The maximum Gasteiger partial charge on any atom is 0.315 e. The van der Waals surface area contributed by atoms with Crippen molar-refractivity contribution < 1.29 is 23.8 Å². The summed E-state index contributed by atoms with van der Waals surface area (Å²) in [5, 5.41) is 22.5. The Hall–Kier alpha value is -4.99. The Kier molecular flexibility index (Phi) is 11.8. The van der Waals surface area contributed by atoms with E-state index in [0.717, 1.165) is 73.7 Å². The van der Waals surface area contributed by atoms with Crippen LogP contribution in [-0.2, 0) is 4.79 Å². The standard InChI is InChI=1S/C35H46N10O5S/c1-48-27-17-22(18-28(49-2)32(27)50-3)45-19-25(43-44-45)21-12-13-24-23(16-21)33(42-34(36)39-24)38-15-9-5-4-8-14-37-30(46)11-7-6-10-29-31-26(20-51-29)40-35(47)41-31/h12-13,16-19,26,29,31H,4-11,14-15,20H2,1-3H3,(H,37,46)(H2,40,41,47)(H3,36,38,39,42)/t26-,29-,31-/m0/s1. The van der Waals surface area contributed by atoms with Gasteiger partial charge < -0.3 is 41.2 Å². The Morgan fingerprint density at radius 3 is 2.53 bits per heavy atom. The number of hydrogen-bond donors (Lipinski definition) is 5. The van der Waals surface area contributed by atoms with E-state index in [-0.39, 0.29) is 30.0 Å². The number of nitrogen functional groups attached to an aromatic ring is 1. The zero-order chi connectivity index (χ0) is 35.7. The van der Waals surface area contributed by atoms with Gasteiger partial charge in [-0.3, -0.25) is 4.79 Å². The van der Waals surface area contributed by atoms with Gasteiger partial charge in [0, 0.05) is 53.6 Å². The van der Waals surface area contributed by atoms with E-state index in [0.29, 0.717) is 52.7 Å². The Balaban J connectivity index is 0.936. The number of urea groups is 1. The van der Waals surface area contributed by atoms with Crippen LogP contribution in [0, 0.1) is 0 Å². The lowest BCUT2D eigenvalue weighted by Crippen LogP contribution is -2.36. The molecule has 0 radical (unpaired) electrons. The lowest BCUT2D eigenvalue weighted by atomic mass is 10.0. The first-order chi connectivity index (χ1) is 24.9. The molecule has 3 amide bonds. The van der Waals surface area contributed by atoms with Gasteiger partial charge in [0.15, 0.2) is 11.5 Å². The molecule has 2 fully saturated rings. The molecule has 4 heterocycles. The van der Waals surface area contributed by atoms with Crippen molar-refractivity contribution in [1.29, 1.82) is 0 Å². The van der Waals surface area contributed by atoms with E-state index < -0.39 is 0 Å². The third-order valence-electron chi connectivity index (χ3n) is 9.22. The minimum Gasteiger partial charge on any atom is -0.493 e. The van der Waals surface area contributed by atoms with Crippen LogP contribution < -0.4 is 41.2 Å². The van der Waals surface area contributed by atoms with E-state index in [4.69, 9.17) is 19.9 Å². The van der Waals surface area contributed by atoms with E-state index in [1.54, 1.807) is 38.1 Å². The van der Waals surface area contributed by atoms with Crippen LogP contribution in [0.25, 0.3) is 27.8 Å². The lowest BCUT2D eigenvalue weighted by molar-refractivity contribution is -0.121. The highest BCUT2D eigenvalue weighted by Crippen LogP contribution is 2.39. The zero-order valence-corrected chi connectivity index (χ0v) is 30.1. The topological polar surface area (TPSA) is 192 Å². The predicted octanol–water partition coefficient (Wildman–Crippen LogP) is 4.30. The number of nitrogens with zero attached hydrogens (tertiary/aromatic N) is 5. The summed E-state index contributed by atoms with van der Waals surface area (Å²) in [6, 6.07) is 9.84. The average molecular weight is 719 g/mol. The van der Waals surface area contributed by atoms with Gasteiger partial charge in [-0.2, -0.15) is 16.7 Å². The van der Waals surface area contributed by atoms with Crippen molar-refractivity contribution in [1.82, 2.24) is 40.9 Å². The molecule has 0 bridgehead atoms. The lowest BCUT2D eigenvalue weighted by Gasteiger charge is -2.16. The quantitative estimate of drug-likeness (QED) is 0.0725. The van der Waals surface area contributed by atoms with Gasteiger partial charge in [-0.05, 0) is 37.8 Å². The molecule has 0 saturated carbocycles. The monoisotopic (exact) mass is 718 g/mol. The Labute approximate surface area is 301 Å². The predicted molar refractivity (Wildman–Crippen MR) is 198 cm³/mol. The molecule has 15 nitrogen and oxygen atoms in total. The first-order valence-electron chi connectivity index (χ1n) is 17.4. The molecule has 2 aliphatic heterocycles. The second-order valence-electron chi connectivity index (χ2n) is 12.7. The van der Waals surface area contributed by atoms with Crippen molar-refractivity contribution in [3.63, 3.8) is 0 Å². The maximum absolute atomic E-state index is 12.3. The van der Waals surface area contributed by atoms with Crippen molar-refractivity contribution in [2.45, 2.75) is 68.7 Å². The maximum atomic E-state index is 12.3. The zero-order valence-electron chi connectivity index (χ0n) is 29.2. The number of amides is 3. The van der Waals surface area contributed by atoms with Crippen molar-refractivity contribution in [3.05, 3.63) is 36.5 Å². The second kappa shape index (κ2) is 16.8. The third kappa shape index (κ3) is 8.67. The summed E-state index contributed by atoms with van der Waals surface area (Å²) in [4.78, 5) is 32.8. The van der Waals surface area contributed by atoms with Crippen LogP contribution in [0.3, 0.4) is 0 Å². The van der Waals surface area contributed by atoms with E-state index in [2.05, 4.69) is 41.5 Å². The number of unbranched alkanes of at least 4 members (excludes halogenated alkanes) is 4. The number of hydrogen-bond acceptors (Lipinski definition) is 12. The minimum atomic E-state index is -0.0555. The highest BCUT2D eigenvalue weighted by molar-refractivity contribution is 8.00. The SMILES string of the molecule is COc1cc(-n2cc(-c3ccc4nc(N)nc(NCCCCCCNC(=O)CCCC[C@@H]5SC[C@@H]6NC(=O)N[C@@H]65)c4c3)nn2)cc(OC)c1OC. The fraction of sp³-hybridized carbons (Fsp3) is 0.486. The molecule has 51 heavy (non-hydrogen) atoms. The summed E-state index contributed by atoms with van der Waals surface area (Å²) < 4.78 is 18.1. The Morgan fingerprint density at radius 2 is 1.76 bits per heavy atom. The van der Waals surface area contributed by atoms with Crippen LogP contribution in [0.1, 0.15) is 51.4 Å². The van der Waals surface area contributed by atoms with Crippen molar-refractivity contribution >= 4 is 46.4 Å². The molecule has 0 spiro atoms. The van der Waals surface area contributed by atoms with Gasteiger partial charge >= 0.3 is 6.03 Å². The van der Waals surface area contributed by atoms with E-state index in [1.807, 2.05) is 36.2 Å². The van der Waals surface area contributed by atoms with E-state index in [1.165, 1.54) is 0 Å². The number of aromatic nitrogens is 5. The van der Waals surface area contributed by atoms with Gasteiger partial charge in [0.1, 0.15) is 11.5 Å². The first kappa shape index (κ1) is 35.8. The first-order valence-corrected chi connectivity index (χ1v) is 18.4. The Bertz CT molecular complexity index is 1810. The van der Waals surface area contributed by atoms with Gasteiger partial charge in [0.2, 0.25) is 17.6 Å². The fourth-order valence-corrected chi connectivity index (χ4v) is 8.11. The van der Waals surface area contributed by atoms with Crippen LogP contribution in [0.15, 0.2) is 36.5 Å². The molecule has 272 valence electrons. The number of anilines is 2. The second-order valence-corrected chi connectivity index (χ2v) is 13.9. The molecule has 6 N–H and O–H groups in total. The van der Waals surface area contributed by atoms with E-state index in [9.17, 15) is 9.59 Å². The van der Waals surface area contributed by atoms with Crippen LogP contribution in [0.5, 0.6) is 17.2 Å². The van der Waals surface area contributed by atoms with Gasteiger partial charge in [-0.15, -0.1) is 5.10 Å². The van der Waals surface area contributed by atoms with Crippen LogP contribution in [0.4, 0.5) is 16.6 Å². The summed E-state index contributed by atoms with van der Waals surface area (Å²) in [5.41, 5.74) is 8.99.